The Kier molecular flexibility index (Phi) is 12.6. The van der Waals surface area contributed by atoms with Crippen molar-refractivity contribution in [2.24, 2.45) is 52.3 Å². The Hall–Kier alpha value is -0.640. The first-order valence-corrected chi connectivity index (χ1v) is 23.6. The summed E-state index contributed by atoms with van der Waals surface area (Å²) in [5.41, 5.74) is 0.228. The van der Waals surface area contributed by atoms with Gasteiger partial charge in [0.2, 0.25) is 0 Å². The minimum Gasteiger partial charge on any atom is -0.394 e. The van der Waals surface area contributed by atoms with Gasteiger partial charge in [0, 0.05) is 12.5 Å². The molecule has 4 aliphatic carbocycles. The van der Waals surface area contributed by atoms with E-state index in [9.17, 15) is 40.9 Å². The Balaban J connectivity index is 0.897. The van der Waals surface area contributed by atoms with Crippen LogP contribution in [0.2, 0.25) is 0 Å². The highest BCUT2D eigenvalue weighted by molar-refractivity contribution is 5.16. The van der Waals surface area contributed by atoms with Gasteiger partial charge in [-0.2, -0.15) is 0 Å². The number of hydrogen-bond donors (Lipinski definition) is 9. The van der Waals surface area contributed by atoms with Gasteiger partial charge in [0.15, 0.2) is 18.9 Å². The number of aliphatic hydroxyl groups is 8. The van der Waals surface area contributed by atoms with Gasteiger partial charge in [-0.1, -0.05) is 27.7 Å². The monoisotopic (exact) mass is 870 g/mol. The zero-order chi connectivity index (χ0) is 43.5. The van der Waals surface area contributed by atoms with Gasteiger partial charge >= 0.3 is 0 Å². The molecule has 5 heterocycles. The van der Waals surface area contributed by atoms with Gasteiger partial charge in [0.05, 0.1) is 31.0 Å². The van der Waals surface area contributed by atoms with Crippen LogP contribution in [-0.4, -0.2) is 164 Å². The van der Waals surface area contributed by atoms with Crippen molar-refractivity contribution in [1.29, 1.82) is 0 Å². The fourth-order valence-corrected chi connectivity index (χ4v) is 14.8. The van der Waals surface area contributed by atoms with Crippen molar-refractivity contribution in [3.63, 3.8) is 0 Å². The van der Waals surface area contributed by atoms with Crippen LogP contribution in [-0.2, 0) is 33.2 Å². The quantitative estimate of drug-likeness (QED) is 0.162. The summed E-state index contributed by atoms with van der Waals surface area (Å²) >= 11 is 0. The maximum Gasteiger partial charge on any atom is 0.187 e. The Bertz CT molecular complexity index is 1540. The molecule has 5 aliphatic heterocycles. The van der Waals surface area contributed by atoms with Crippen molar-refractivity contribution in [3.8, 4) is 0 Å². The van der Waals surface area contributed by atoms with E-state index in [2.05, 4.69) is 33.0 Å². The van der Waals surface area contributed by atoms with Crippen molar-refractivity contribution in [1.82, 2.24) is 5.32 Å². The first-order chi connectivity index (χ1) is 28.9. The molecule has 0 aromatic rings. The Labute approximate surface area is 359 Å². The molecule has 4 saturated carbocycles. The lowest BCUT2D eigenvalue weighted by molar-refractivity contribution is -0.389. The van der Waals surface area contributed by atoms with E-state index in [-0.39, 0.29) is 22.7 Å². The second-order valence-corrected chi connectivity index (χ2v) is 21.6. The summed E-state index contributed by atoms with van der Waals surface area (Å²) in [7, 11) is 0. The van der Waals surface area contributed by atoms with Crippen LogP contribution in [0, 0.1) is 52.3 Å². The molecule has 0 aromatic carbocycles. The zero-order valence-electron chi connectivity index (χ0n) is 36.8. The minimum absolute atomic E-state index is 0.134. The summed E-state index contributed by atoms with van der Waals surface area (Å²) in [6.07, 6.45) is -10.5. The van der Waals surface area contributed by atoms with Crippen molar-refractivity contribution in [2.45, 2.75) is 216 Å². The molecule has 9 aliphatic rings. The molecule has 0 unspecified atom stereocenters. The molecule has 9 rings (SSSR count). The number of fused-ring (bicyclic) bond motifs is 7. The smallest absolute Gasteiger partial charge is 0.187 e. The predicted molar refractivity (Wildman–Crippen MR) is 215 cm³/mol. The third-order valence-corrected chi connectivity index (χ3v) is 18.4. The Morgan fingerprint density at radius 2 is 1.25 bits per heavy atom. The molecule has 0 radical (unpaired) electrons. The third-order valence-electron chi connectivity index (χ3n) is 18.4. The van der Waals surface area contributed by atoms with E-state index in [0.717, 1.165) is 45.1 Å². The largest absolute Gasteiger partial charge is 0.394 e. The first-order valence-electron chi connectivity index (χ1n) is 23.6. The lowest BCUT2D eigenvalue weighted by atomic mass is 9.44. The number of nitrogens with one attached hydrogen (secondary N) is 1. The number of piperidine rings is 1. The maximum absolute atomic E-state index is 12.0. The van der Waals surface area contributed by atoms with Gasteiger partial charge in [-0.05, 0) is 124 Å². The molecule has 16 nitrogen and oxygen atoms in total. The lowest BCUT2D eigenvalue weighted by Gasteiger charge is -2.61. The van der Waals surface area contributed by atoms with Crippen LogP contribution in [0.5, 0.6) is 0 Å². The molecule has 0 aromatic heterocycles. The standard InChI is InChI=1S/C45H75NO15/c1-19-9-14-45(46-17-19)20(2)30-28(61-45)16-27-25-8-7-23-15-24(10-12-43(23,5)26(25)11-13-44(27,30)6)57-42-39(60-41-36(53)34(51)32(49)22(4)56-41)37(54)38(29(18-47)58-42)59-40-35(52)33(50)31(48)21(3)55-40/h19-42,46-54H,7-18H2,1-6H3/t19-,20+,21-,22-,23+,24+,25-,26+,27+,28+,29-,30+,31-,32-,33-,34-,35+,36+,37+,38-,39-,40-,41-,42-,43+,44+,45+/m1/s1. The van der Waals surface area contributed by atoms with Crippen LogP contribution in [0.15, 0.2) is 0 Å². The average Bonchev–Trinajstić information content (AvgIpc) is 3.69. The van der Waals surface area contributed by atoms with E-state index in [1.807, 2.05) is 0 Å². The molecular weight excluding hydrogens is 794 g/mol. The second kappa shape index (κ2) is 16.9. The highest BCUT2D eigenvalue weighted by Gasteiger charge is 2.69. The third kappa shape index (κ3) is 7.50. The molecule has 350 valence electrons. The van der Waals surface area contributed by atoms with Gasteiger partial charge in [-0.15, -0.1) is 0 Å². The van der Waals surface area contributed by atoms with Crippen LogP contribution < -0.4 is 5.32 Å². The first kappa shape index (κ1) is 45.5. The SMILES string of the molecule is C[C@@H]1CC[C@]2(NC1)O[C@H]1C[C@H]3[C@@H]4CC[C@H]5C[C@@H](O[C@@H]6O[C@H](CO)[C@@H](O[C@H]7O[C@H](C)[C@@H](O)[C@@H](O)[C@@H]7O)[C@H](O)[C@H]6O[C@H]6O[C@H](C)[C@@H](O)[C@@H](O)[C@@H]6O)CC[C@]5(C)[C@H]4CC[C@]3(C)[C@H]1[C@@H]2C. The van der Waals surface area contributed by atoms with Crippen LogP contribution in [0.25, 0.3) is 0 Å². The molecule has 61 heavy (non-hydrogen) atoms. The Morgan fingerprint density at radius 1 is 0.607 bits per heavy atom. The highest BCUT2D eigenvalue weighted by Crippen LogP contribution is 2.71. The van der Waals surface area contributed by atoms with Crippen LogP contribution in [0.3, 0.4) is 0 Å². The molecule has 27 atom stereocenters. The predicted octanol–water partition coefficient (Wildman–Crippen LogP) is 0.895. The number of aliphatic hydroxyl groups excluding tert-OH is 8. The molecule has 9 N–H and O–H groups in total. The maximum atomic E-state index is 12.0. The van der Waals surface area contributed by atoms with E-state index in [1.54, 1.807) is 0 Å². The van der Waals surface area contributed by atoms with Crippen LogP contribution >= 0.6 is 0 Å². The van der Waals surface area contributed by atoms with Gasteiger partial charge < -0.3 is 74.0 Å². The van der Waals surface area contributed by atoms with E-state index in [4.69, 9.17) is 33.2 Å². The van der Waals surface area contributed by atoms with E-state index in [1.165, 1.54) is 39.5 Å². The number of hydrogen-bond acceptors (Lipinski definition) is 16. The molecule has 9 fully saturated rings. The Morgan fingerprint density at radius 3 is 1.87 bits per heavy atom. The number of ether oxygens (including phenoxy) is 7. The normalized spacial score (nSPS) is 59.7. The van der Waals surface area contributed by atoms with E-state index < -0.39 is 98.7 Å². The van der Waals surface area contributed by atoms with Crippen molar-refractivity contribution < 1.29 is 74.0 Å². The minimum atomic E-state index is -1.70. The summed E-state index contributed by atoms with van der Waals surface area (Å²) in [5, 5.41) is 89.8. The summed E-state index contributed by atoms with van der Waals surface area (Å²) in [4.78, 5) is 0. The van der Waals surface area contributed by atoms with E-state index in [0.29, 0.717) is 47.5 Å². The van der Waals surface area contributed by atoms with Gasteiger partial charge in [-0.3, -0.25) is 5.32 Å². The zero-order valence-corrected chi connectivity index (χ0v) is 36.8. The van der Waals surface area contributed by atoms with Gasteiger partial charge in [-0.25, -0.2) is 0 Å². The molecule has 0 bridgehead atoms. The van der Waals surface area contributed by atoms with Gasteiger partial charge in [0.25, 0.3) is 0 Å². The molecule has 16 heteroatoms. The highest BCUT2D eigenvalue weighted by atomic mass is 16.8. The molecular formula is C45H75NO15. The van der Waals surface area contributed by atoms with Crippen molar-refractivity contribution in [2.75, 3.05) is 13.2 Å². The van der Waals surface area contributed by atoms with E-state index >= 15 is 0 Å². The molecule has 5 saturated heterocycles. The molecule has 0 amide bonds. The second-order valence-electron chi connectivity index (χ2n) is 21.6. The van der Waals surface area contributed by atoms with Crippen molar-refractivity contribution in [3.05, 3.63) is 0 Å². The van der Waals surface area contributed by atoms with Crippen molar-refractivity contribution >= 4 is 0 Å². The number of rotatable bonds is 7. The lowest BCUT2D eigenvalue weighted by Crippen LogP contribution is -2.66. The van der Waals surface area contributed by atoms with Crippen LogP contribution in [0.1, 0.15) is 106 Å². The molecule has 1 spiro atoms. The fourth-order valence-electron chi connectivity index (χ4n) is 14.8. The topological polar surface area (TPSA) is 238 Å². The summed E-state index contributed by atoms with van der Waals surface area (Å²) in [6, 6.07) is 0. The fraction of sp³-hybridized carbons (Fsp3) is 1.00. The average molecular weight is 870 g/mol. The summed E-state index contributed by atoms with van der Waals surface area (Å²) in [5.74, 6) is 4.06. The summed E-state index contributed by atoms with van der Waals surface area (Å²) in [6.45, 7) is 13.3. The van der Waals surface area contributed by atoms with Gasteiger partial charge in [0.1, 0.15) is 66.8 Å². The van der Waals surface area contributed by atoms with Crippen LogP contribution in [0.4, 0.5) is 0 Å². The summed E-state index contributed by atoms with van der Waals surface area (Å²) < 4.78 is 43.9.